The lowest BCUT2D eigenvalue weighted by atomic mass is 9.86. The summed E-state index contributed by atoms with van der Waals surface area (Å²) in [7, 11) is 2.04. The van der Waals surface area contributed by atoms with E-state index in [-0.39, 0.29) is 11.5 Å². The number of imidazole rings is 1. The van der Waals surface area contributed by atoms with E-state index in [9.17, 15) is 0 Å². The van der Waals surface area contributed by atoms with Gasteiger partial charge in [-0.25, -0.2) is 4.98 Å². The van der Waals surface area contributed by atoms with Crippen LogP contribution in [0, 0.1) is 0 Å². The molecule has 3 nitrogen and oxygen atoms in total. The lowest BCUT2D eigenvalue weighted by Crippen LogP contribution is -2.35. The van der Waals surface area contributed by atoms with Crippen molar-refractivity contribution in [1.29, 1.82) is 0 Å². The maximum atomic E-state index is 6.48. The van der Waals surface area contributed by atoms with Gasteiger partial charge in [0.1, 0.15) is 5.82 Å². The van der Waals surface area contributed by atoms with E-state index in [0.29, 0.717) is 0 Å². The van der Waals surface area contributed by atoms with E-state index in [1.165, 1.54) is 18.4 Å². The largest absolute Gasteiger partial charge is 0.338 e. The monoisotopic (exact) mass is 255 g/mol. The summed E-state index contributed by atoms with van der Waals surface area (Å²) in [6, 6.07) is 11.0. The van der Waals surface area contributed by atoms with Gasteiger partial charge >= 0.3 is 0 Å². The number of rotatable bonds is 5. The van der Waals surface area contributed by atoms with E-state index < -0.39 is 0 Å². The van der Waals surface area contributed by atoms with Gasteiger partial charge in [0.2, 0.25) is 0 Å². The zero-order valence-corrected chi connectivity index (χ0v) is 11.4. The highest BCUT2D eigenvalue weighted by Crippen LogP contribution is 2.51. The van der Waals surface area contributed by atoms with Gasteiger partial charge in [-0.2, -0.15) is 0 Å². The number of hydrogen-bond donors (Lipinski definition) is 1. The van der Waals surface area contributed by atoms with Crippen LogP contribution >= 0.6 is 0 Å². The molecule has 0 spiro atoms. The molecule has 2 N–H and O–H groups in total. The van der Waals surface area contributed by atoms with Gasteiger partial charge in [-0.15, -0.1) is 0 Å². The SMILES string of the molecule is Cn1ccnc1CCC(N)C1(c2ccccc2)CC1. The van der Waals surface area contributed by atoms with Crippen LogP contribution in [0.25, 0.3) is 0 Å². The van der Waals surface area contributed by atoms with Gasteiger partial charge in [0.25, 0.3) is 0 Å². The van der Waals surface area contributed by atoms with E-state index in [1.807, 2.05) is 19.4 Å². The van der Waals surface area contributed by atoms with Crippen molar-refractivity contribution >= 4 is 0 Å². The minimum atomic E-state index is 0.228. The first kappa shape index (κ1) is 12.4. The predicted octanol–water partition coefficient (Wildman–Crippen LogP) is 2.41. The molecule has 1 aromatic heterocycles. The van der Waals surface area contributed by atoms with Gasteiger partial charge in [0, 0.05) is 37.3 Å². The molecule has 3 rings (SSSR count). The second kappa shape index (κ2) is 4.82. The molecule has 0 saturated heterocycles. The summed E-state index contributed by atoms with van der Waals surface area (Å²) < 4.78 is 2.08. The second-order valence-electron chi connectivity index (χ2n) is 5.62. The first-order valence-corrected chi connectivity index (χ1v) is 7.00. The van der Waals surface area contributed by atoms with Gasteiger partial charge in [-0.05, 0) is 24.8 Å². The summed E-state index contributed by atoms with van der Waals surface area (Å²) >= 11 is 0. The van der Waals surface area contributed by atoms with E-state index in [0.717, 1.165) is 18.7 Å². The van der Waals surface area contributed by atoms with Crippen LogP contribution in [0.2, 0.25) is 0 Å². The lowest BCUT2D eigenvalue weighted by Gasteiger charge is -2.23. The average molecular weight is 255 g/mol. The van der Waals surface area contributed by atoms with Crippen molar-refractivity contribution in [3.63, 3.8) is 0 Å². The normalized spacial score (nSPS) is 18.2. The molecule has 3 heteroatoms. The Morgan fingerprint density at radius 1 is 1.32 bits per heavy atom. The standard InChI is InChI=1S/C16H21N3/c1-19-12-11-18-15(19)8-7-14(17)16(9-10-16)13-5-3-2-4-6-13/h2-6,11-12,14H,7-10,17H2,1H3. The second-order valence-corrected chi connectivity index (χ2v) is 5.62. The summed E-state index contributed by atoms with van der Waals surface area (Å²) in [4.78, 5) is 4.37. The molecular weight excluding hydrogens is 234 g/mol. The predicted molar refractivity (Wildman–Crippen MR) is 76.9 cm³/mol. The number of aryl methyl sites for hydroxylation is 2. The number of aromatic nitrogens is 2. The summed E-state index contributed by atoms with van der Waals surface area (Å²) in [6.07, 6.45) is 8.24. The Morgan fingerprint density at radius 3 is 2.63 bits per heavy atom. The molecular formula is C16H21N3. The molecule has 0 bridgehead atoms. The lowest BCUT2D eigenvalue weighted by molar-refractivity contribution is 0.477. The van der Waals surface area contributed by atoms with E-state index in [2.05, 4.69) is 39.9 Å². The van der Waals surface area contributed by atoms with Crippen molar-refractivity contribution < 1.29 is 0 Å². The highest BCUT2D eigenvalue weighted by atomic mass is 15.0. The smallest absolute Gasteiger partial charge is 0.108 e. The molecule has 1 saturated carbocycles. The van der Waals surface area contributed by atoms with Crippen molar-refractivity contribution in [3.05, 3.63) is 54.1 Å². The molecule has 0 amide bonds. The third-order valence-corrected chi connectivity index (χ3v) is 4.45. The van der Waals surface area contributed by atoms with Crippen molar-refractivity contribution in [2.24, 2.45) is 12.8 Å². The first-order chi connectivity index (χ1) is 9.22. The van der Waals surface area contributed by atoms with Crippen LogP contribution in [0.5, 0.6) is 0 Å². The topological polar surface area (TPSA) is 43.8 Å². The number of nitrogens with two attached hydrogens (primary N) is 1. The minimum Gasteiger partial charge on any atom is -0.338 e. The minimum absolute atomic E-state index is 0.228. The van der Waals surface area contributed by atoms with E-state index in [1.54, 1.807) is 0 Å². The van der Waals surface area contributed by atoms with Crippen LogP contribution in [-0.2, 0) is 18.9 Å². The van der Waals surface area contributed by atoms with Crippen LogP contribution < -0.4 is 5.73 Å². The fourth-order valence-electron chi connectivity index (χ4n) is 2.98. The van der Waals surface area contributed by atoms with Crippen LogP contribution in [0.1, 0.15) is 30.7 Å². The Kier molecular flexibility index (Phi) is 3.15. The Morgan fingerprint density at radius 2 is 2.05 bits per heavy atom. The van der Waals surface area contributed by atoms with Crippen molar-refractivity contribution in [3.8, 4) is 0 Å². The van der Waals surface area contributed by atoms with Gasteiger partial charge in [0.15, 0.2) is 0 Å². The highest BCUT2D eigenvalue weighted by Gasteiger charge is 2.48. The van der Waals surface area contributed by atoms with Gasteiger partial charge in [-0.1, -0.05) is 30.3 Å². The van der Waals surface area contributed by atoms with Crippen molar-refractivity contribution in [2.75, 3.05) is 0 Å². The van der Waals surface area contributed by atoms with E-state index in [4.69, 9.17) is 5.73 Å². The molecule has 19 heavy (non-hydrogen) atoms. The molecule has 0 aliphatic heterocycles. The summed E-state index contributed by atoms with van der Waals surface area (Å²) in [6.45, 7) is 0. The molecule has 0 radical (unpaired) electrons. The summed E-state index contributed by atoms with van der Waals surface area (Å²) in [5, 5.41) is 0. The first-order valence-electron chi connectivity index (χ1n) is 7.00. The van der Waals surface area contributed by atoms with Crippen molar-refractivity contribution in [2.45, 2.75) is 37.1 Å². The molecule has 1 unspecified atom stereocenters. The molecule has 1 atom stereocenters. The van der Waals surface area contributed by atoms with Crippen LogP contribution in [0.3, 0.4) is 0 Å². The van der Waals surface area contributed by atoms with Crippen LogP contribution in [0.4, 0.5) is 0 Å². The fourth-order valence-corrected chi connectivity index (χ4v) is 2.98. The van der Waals surface area contributed by atoms with Gasteiger partial charge in [0.05, 0.1) is 0 Å². The molecule has 2 aromatic rings. The zero-order valence-electron chi connectivity index (χ0n) is 11.4. The molecule has 1 aliphatic rings. The number of nitrogens with zero attached hydrogens (tertiary/aromatic N) is 2. The fraction of sp³-hybridized carbons (Fsp3) is 0.438. The number of hydrogen-bond acceptors (Lipinski definition) is 2. The quantitative estimate of drug-likeness (QED) is 0.891. The van der Waals surface area contributed by atoms with Gasteiger partial charge in [-0.3, -0.25) is 0 Å². The Balaban J connectivity index is 1.68. The highest BCUT2D eigenvalue weighted by molar-refractivity contribution is 5.33. The molecule has 1 aliphatic carbocycles. The summed E-state index contributed by atoms with van der Waals surface area (Å²) in [5.41, 5.74) is 8.11. The third kappa shape index (κ3) is 2.30. The molecule has 1 fully saturated rings. The number of benzene rings is 1. The van der Waals surface area contributed by atoms with Crippen molar-refractivity contribution in [1.82, 2.24) is 9.55 Å². The van der Waals surface area contributed by atoms with Crippen LogP contribution in [-0.4, -0.2) is 15.6 Å². The Hall–Kier alpha value is -1.61. The van der Waals surface area contributed by atoms with Gasteiger partial charge < -0.3 is 10.3 Å². The Labute approximate surface area is 114 Å². The average Bonchev–Trinajstić information content (AvgIpc) is 3.16. The molecule has 1 heterocycles. The third-order valence-electron chi connectivity index (χ3n) is 4.45. The zero-order chi connectivity index (χ0) is 13.3. The molecule has 1 aromatic carbocycles. The van der Waals surface area contributed by atoms with Crippen LogP contribution in [0.15, 0.2) is 42.7 Å². The molecule has 100 valence electrons. The summed E-state index contributed by atoms with van der Waals surface area (Å²) in [5.74, 6) is 1.12. The maximum Gasteiger partial charge on any atom is 0.108 e. The Bertz CT molecular complexity index is 540. The maximum absolute atomic E-state index is 6.48. The van der Waals surface area contributed by atoms with E-state index >= 15 is 0 Å².